The largest absolute Gasteiger partial charge is 0.366 e. The summed E-state index contributed by atoms with van der Waals surface area (Å²) < 4.78 is 13.0. The third-order valence-electron chi connectivity index (χ3n) is 3.85. The quantitative estimate of drug-likeness (QED) is 0.604. The predicted molar refractivity (Wildman–Crippen MR) is 107 cm³/mol. The lowest BCUT2D eigenvalue weighted by atomic mass is 10.2. The van der Waals surface area contributed by atoms with Crippen molar-refractivity contribution in [1.82, 2.24) is 4.98 Å². The van der Waals surface area contributed by atoms with Crippen molar-refractivity contribution in [1.29, 1.82) is 0 Å². The van der Waals surface area contributed by atoms with Gasteiger partial charge in [-0.1, -0.05) is 18.2 Å². The second-order valence-electron chi connectivity index (χ2n) is 6.13. The van der Waals surface area contributed by atoms with Crippen molar-refractivity contribution in [3.05, 3.63) is 83.8 Å². The zero-order chi connectivity index (χ0) is 19.9. The lowest BCUT2D eigenvalue weighted by molar-refractivity contribution is -0.114. The molecule has 1 aromatic heterocycles. The SMILES string of the molecule is CC(=O)Nc1cccc(NC(=O)c2ccnc(NCc3ccc(F)cc3)c2)c1. The van der Waals surface area contributed by atoms with Crippen molar-refractivity contribution in [2.24, 2.45) is 0 Å². The molecule has 1 heterocycles. The molecule has 2 aromatic carbocycles. The Morgan fingerprint density at radius 3 is 2.39 bits per heavy atom. The van der Waals surface area contributed by atoms with E-state index in [0.29, 0.717) is 29.3 Å². The Morgan fingerprint density at radius 1 is 0.964 bits per heavy atom. The molecule has 7 heteroatoms. The molecule has 0 saturated carbocycles. The zero-order valence-electron chi connectivity index (χ0n) is 15.2. The van der Waals surface area contributed by atoms with Gasteiger partial charge in [0.15, 0.2) is 0 Å². The van der Waals surface area contributed by atoms with Crippen molar-refractivity contribution in [3.63, 3.8) is 0 Å². The van der Waals surface area contributed by atoms with E-state index in [4.69, 9.17) is 0 Å². The van der Waals surface area contributed by atoms with Gasteiger partial charge in [0.2, 0.25) is 5.91 Å². The highest BCUT2D eigenvalue weighted by molar-refractivity contribution is 6.05. The number of nitrogens with zero attached hydrogens (tertiary/aromatic N) is 1. The van der Waals surface area contributed by atoms with E-state index in [-0.39, 0.29) is 17.6 Å². The number of hydrogen-bond donors (Lipinski definition) is 3. The Kier molecular flexibility index (Phi) is 5.96. The molecule has 28 heavy (non-hydrogen) atoms. The average molecular weight is 378 g/mol. The monoisotopic (exact) mass is 378 g/mol. The second kappa shape index (κ2) is 8.77. The van der Waals surface area contributed by atoms with Crippen molar-refractivity contribution >= 4 is 29.0 Å². The first-order valence-electron chi connectivity index (χ1n) is 8.63. The van der Waals surface area contributed by atoms with Crippen LogP contribution < -0.4 is 16.0 Å². The maximum absolute atomic E-state index is 13.0. The van der Waals surface area contributed by atoms with E-state index < -0.39 is 0 Å². The Hall–Kier alpha value is -3.74. The summed E-state index contributed by atoms with van der Waals surface area (Å²) >= 11 is 0. The number of carbonyl (C=O) groups is 2. The van der Waals surface area contributed by atoms with Crippen LogP contribution in [0.15, 0.2) is 66.9 Å². The van der Waals surface area contributed by atoms with Crippen molar-refractivity contribution in [3.8, 4) is 0 Å². The van der Waals surface area contributed by atoms with Gasteiger partial charge in [0.05, 0.1) is 0 Å². The van der Waals surface area contributed by atoms with Gasteiger partial charge in [0.1, 0.15) is 11.6 Å². The van der Waals surface area contributed by atoms with Gasteiger partial charge in [-0.2, -0.15) is 0 Å². The summed E-state index contributed by atoms with van der Waals surface area (Å²) in [5, 5.41) is 8.57. The van der Waals surface area contributed by atoms with Crippen molar-refractivity contribution < 1.29 is 14.0 Å². The maximum Gasteiger partial charge on any atom is 0.255 e. The Bertz CT molecular complexity index is 990. The molecule has 2 amide bonds. The van der Waals surface area contributed by atoms with Gasteiger partial charge in [-0.25, -0.2) is 9.37 Å². The molecule has 0 atom stereocenters. The topological polar surface area (TPSA) is 83.1 Å². The van der Waals surface area contributed by atoms with Gasteiger partial charge >= 0.3 is 0 Å². The zero-order valence-corrected chi connectivity index (χ0v) is 15.2. The number of carbonyl (C=O) groups excluding carboxylic acids is 2. The summed E-state index contributed by atoms with van der Waals surface area (Å²) in [6.45, 7) is 1.87. The molecule has 0 unspecified atom stereocenters. The van der Waals surface area contributed by atoms with Gasteiger partial charge in [0.25, 0.3) is 5.91 Å². The van der Waals surface area contributed by atoms with Crippen LogP contribution in [0.3, 0.4) is 0 Å². The summed E-state index contributed by atoms with van der Waals surface area (Å²) in [5.74, 6) is -0.242. The van der Waals surface area contributed by atoms with E-state index in [9.17, 15) is 14.0 Å². The van der Waals surface area contributed by atoms with Crippen LogP contribution in [0.1, 0.15) is 22.8 Å². The fraction of sp³-hybridized carbons (Fsp3) is 0.0952. The maximum atomic E-state index is 13.0. The van der Waals surface area contributed by atoms with Gasteiger partial charge in [0, 0.05) is 36.6 Å². The first-order chi connectivity index (χ1) is 13.5. The molecule has 0 aliphatic carbocycles. The minimum Gasteiger partial charge on any atom is -0.366 e. The van der Waals surface area contributed by atoms with Gasteiger partial charge in [-0.05, 0) is 48.0 Å². The molecule has 0 fully saturated rings. The number of benzene rings is 2. The lowest BCUT2D eigenvalue weighted by Gasteiger charge is -2.10. The molecule has 142 valence electrons. The summed E-state index contributed by atoms with van der Waals surface area (Å²) in [5.41, 5.74) is 2.49. The summed E-state index contributed by atoms with van der Waals surface area (Å²) in [6.07, 6.45) is 1.54. The number of anilines is 3. The fourth-order valence-electron chi connectivity index (χ4n) is 2.54. The van der Waals surface area contributed by atoms with Crippen molar-refractivity contribution in [2.75, 3.05) is 16.0 Å². The van der Waals surface area contributed by atoms with E-state index in [1.165, 1.54) is 25.3 Å². The molecule has 3 N–H and O–H groups in total. The normalized spacial score (nSPS) is 10.2. The summed E-state index contributed by atoms with van der Waals surface area (Å²) in [4.78, 5) is 27.9. The lowest BCUT2D eigenvalue weighted by Crippen LogP contribution is -2.13. The molecule has 3 aromatic rings. The number of hydrogen-bond acceptors (Lipinski definition) is 4. The number of amides is 2. The highest BCUT2D eigenvalue weighted by Crippen LogP contribution is 2.17. The fourth-order valence-corrected chi connectivity index (χ4v) is 2.54. The molecule has 3 rings (SSSR count). The van der Waals surface area contributed by atoms with E-state index >= 15 is 0 Å². The molecule has 0 saturated heterocycles. The molecule has 0 aliphatic heterocycles. The van der Waals surface area contributed by atoms with Gasteiger partial charge in [-0.3, -0.25) is 9.59 Å². The third-order valence-corrected chi connectivity index (χ3v) is 3.85. The Balaban J connectivity index is 1.65. The summed E-state index contributed by atoms with van der Waals surface area (Å²) in [6, 6.07) is 16.3. The summed E-state index contributed by atoms with van der Waals surface area (Å²) in [7, 11) is 0. The number of aromatic nitrogens is 1. The molecular weight excluding hydrogens is 359 g/mol. The predicted octanol–water partition coefficient (Wildman–Crippen LogP) is 4.04. The molecule has 0 spiro atoms. The smallest absolute Gasteiger partial charge is 0.255 e. The van der Waals surface area contributed by atoms with Crippen LogP contribution >= 0.6 is 0 Å². The van der Waals surface area contributed by atoms with Crippen molar-refractivity contribution in [2.45, 2.75) is 13.5 Å². The first kappa shape index (κ1) is 19.0. The molecule has 6 nitrogen and oxygen atoms in total. The molecule has 0 radical (unpaired) electrons. The van der Waals surface area contributed by atoms with Crippen LogP contribution in [0.5, 0.6) is 0 Å². The van der Waals surface area contributed by atoms with Crippen LogP contribution in [0, 0.1) is 5.82 Å². The minimum absolute atomic E-state index is 0.186. The standard InChI is InChI=1S/C21H19FN4O2/c1-14(27)25-18-3-2-4-19(12-18)26-21(28)16-9-10-23-20(11-16)24-13-15-5-7-17(22)8-6-15/h2-12H,13H2,1H3,(H,23,24)(H,25,27)(H,26,28). The average Bonchev–Trinajstić information content (AvgIpc) is 2.67. The highest BCUT2D eigenvalue weighted by atomic mass is 19.1. The minimum atomic E-state index is -0.299. The molecule has 0 aliphatic rings. The molecule has 0 bridgehead atoms. The van der Waals surface area contributed by atoms with Crippen LogP contribution in [-0.2, 0) is 11.3 Å². The highest BCUT2D eigenvalue weighted by Gasteiger charge is 2.08. The van der Waals surface area contributed by atoms with Gasteiger partial charge in [-0.15, -0.1) is 0 Å². The van der Waals surface area contributed by atoms with E-state index in [2.05, 4.69) is 20.9 Å². The molecular formula is C21H19FN4O2. The van der Waals surface area contributed by atoms with Crippen LogP contribution in [-0.4, -0.2) is 16.8 Å². The number of nitrogens with one attached hydrogen (secondary N) is 3. The van der Waals surface area contributed by atoms with Crippen LogP contribution in [0.25, 0.3) is 0 Å². The van der Waals surface area contributed by atoms with Crippen LogP contribution in [0.2, 0.25) is 0 Å². The number of rotatable bonds is 6. The number of pyridine rings is 1. The van der Waals surface area contributed by atoms with Gasteiger partial charge < -0.3 is 16.0 Å². The van der Waals surface area contributed by atoms with E-state index in [0.717, 1.165) is 5.56 Å². The Morgan fingerprint density at radius 2 is 1.68 bits per heavy atom. The van der Waals surface area contributed by atoms with Crippen LogP contribution in [0.4, 0.5) is 21.6 Å². The number of halogens is 1. The first-order valence-corrected chi connectivity index (χ1v) is 8.63. The third kappa shape index (κ3) is 5.38. The second-order valence-corrected chi connectivity index (χ2v) is 6.13. The van der Waals surface area contributed by atoms with E-state index in [1.807, 2.05) is 0 Å². The Labute approximate surface area is 161 Å². The van der Waals surface area contributed by atoms with E-state index in [1.54, 1.807) is 48.5 Å².